The van der Waals surface area contributed by atoms with Crippen LogP contribution in [0.1, 0.15) is 52.5 Å². The Balaban J connectivity index is 1.64. The van der Waals surface area contributed by atoms with Crippen molar-refractivity contribution in [1.82, 2.24) is 14.7 Å². The molecule has 1 aromatic rings. The van der Waals surface area contributed by atoms with Crippen LogP contribution in [-0.2, 0) is 20.9 Å². The van der Waals surface area contributed by atoms with E-state index in [1.807, 2.05) is 37.8 Å². The number of carbonyl (C=O) groups excluding carboxylic acids is 3. The van der Waals surface area contributed by atoms with E-state index in [-0.39, 0.29) is 23.8 Å². The van der Waals surface area contributed by atoms with Crippen molar-refractivity contribution in [3.05, 3.63) is 34.9 Å². The van der Waals surface area contributed by atoms with Crippen molar-refractivity contribution in [2.75, 3.05) is 26.7 Å². The number of piperidine rings is 1. The molecule has 2 fully saturated rings. The lowest BCUT2D eigenvalue weighted by molar-refractivity contribution is -0.144. The molecule has 3 atom stereocenters. The lowest BCUT2D eigenvalue weighted by Crippen LogP contribution is -2.52. The van der Waals surface area contributed by atoms with Crippen molar-refractivity contribution >= 4 is 29.5 Å². The second-order valence-corrected chi connectivity index (χ2v) is 10.9. The van der Waals surface area contributed by atoms with Gasteiger partial charge in [0.05, 0.1) is 0 Å². The molecular formula is C25H36ClN3O4. The minimum atomic E-state index is -0.546. The first-order chi connectivity index (χ1) is 15.4. The molecule has 2 aliphatic rings. The highest BCUT2D eigenvalue weighted by atomic mass is 35.5. The fraction of sp³-hybridized carbons (Fsp3) is 0.640. The molecule has 7 nitrogen and oxygen atoms in total. The molecule has 2 aliphatic heterocycles. The highest BCUT2D eigenvalue weighted by Gasteiger charge is 2.40. The molecule has 8 heteroatoms. The molecule has 2 saturated heterocycles. The number of likely N-dealkylation sites (tertiary alicyclic amines) is 2. The van der Waals surface area contributed by atoms with E-state index in [9.17, 15) is 14.4 Å². The molecule has 2 heterocycles. The third kappa shape index (κ3) is 6.85. The fourth-order valence-corrected chi connectivity index (χ4v) is 4.91. The molecule has 182 valence electrons. The number of amides is 3. The predicted octanol–water partition coefficient (Wildman–Crippen LogP) is 4.18. The molecular weight excluding hydrogens is 442 g/mol. The third-order valence-electron chi connectivity index (χ3n) is 6.17. The van der Waals surface area contributed by atoms with Crippen molar-refractivity contribution in [3.8, 4) is 0 Å². The third-order valence-corrected chi connectivity index (χ3v) is 6.43. The van der Waals surface area contributed by atoms with Gasteiger partial charge in [0, 0.05) is 44.7 Å². The molecule has 1 aromatic carbocycles. The molecule has 3 amide bonds. The van der Waals surface area contributed by atoms with Crippen LogP contribution < -0.4 is 0 Å². The van der Waals surface area contributed by atoms with E-state index >= 15 is 0 Å². The van der Waals surface area contributed by atoms with Gasteiger partial charge in [-0.15, -0.1) is 0 Å². The molecule has 3 unspecified atom stereocenters. The first-order valence-corrected chi connectivity index (χ1v) is 12.1. The summed E-state index contributed by atoms with van der Waals surface area (Å²) in [7, 11) is 1.74. The Kier molecular flexibility index (Phi) is 7.93. The van der Waals surface area contributed by atoms with Gasteiger partial charge < -0.3 is 19.4 Å². The molecule has 3 rings (SSSR count). The molecule has 0 saturated carbocycles. The number of hydrogen-bond donors (Lipinski definition) is 0. The Labute approximate surface area is 202 Å². The maximum atomic E-state index is 13.5. The van der Waals surface area contributed by atoms with Crippen molar-refractivity contribution < 1.29 is 19.1 Å². The number of rotatable bonds is 5. The maximum Gasteiger partial charge on any atom is 0.410 e. The number of carbonyl (C=O) groups is 3. The molecule has 0 radical (unpaired) electrons. The monoisotopic (exact) mass is 477 g/mol. The van der Waals surface area contributed by atoms with Gasteiger partial charge in [0.2, 0.25) is 11.8 Å². The predicted molar refractivity (Wildman–Crippen MR) is 128 cm³/mol. The van der Waals surface area contributed by atoms with Gasteiger partial charge in [0.1, 0.15) is 11.6 Å². The summed E-state index contributed by atoms with van der Waals surface area (Å²) in [6, 6.07) is 6.93. The first-order valence-electron chi connectivity index (χ1n) is 11.7. The smallest absolute Gasteiger partial charge is 0.410 e. The number of nitrogens with zero attached hydrogens (tertiary/aromatic N) is 3. The highest BCUT2D eigenvalue weighted by molar-refractivity contribution is 6.30. The van der Waals surface area contributed by atoms with E-state index < -0.39 is 11.6 Å². The van der Waals surface area contributed by atoms with Gasteiger partial charge in [-0.05, 0) is 63.1 Å². The summed E-state index contributed by atoms with van der Waals surface area (Å²) in [5.74, 6) is 0.499. The van der Waals surface area contributed by atoms with Crippen LogP contribution in [-0.4, -0.2) is 70.9 Å². The van der Waals surface area contributed by atoms with Crippen LogP contribution in [0.5, 0.6) is 0 Å². The molecule has 0 aliphatic carbocycles. The summed E-state index contributed by atoms with van der Waals surface area (Å²) >= 11 is 5.98. The quantitative estimate of drug-likeness (QED) is 0.637. The summed E-state index contributed by atoms with van der Waals surface area (Å²) in [5.41, 5.74) is 0.409. The van der Waals surface area contributed by atoms with E-state index in [0.717, 1.165) is 12.0 Å². The van der Waals surface area contributed by atoms with Crippen LogP contribution in [0, 0.1) is 11.8 Å². The van der Waals surface area contributed by atoms with Crippen molar-refractivity contribution in [2.45, 2.75) is 65.1 Å². The Morgan fingerprint density at radius 3 is 2.48 bits per heavy atom. The Morgan fingerprint density at radius 2 is 1.85 bits per heavy atom. The van der Waals surface area contributed by atoms with Crippen molar-refractivity contribution in [3.63, 3.8) is 0 Å². The SMILES string of the molecule is CC1CC(CN(C)C(=O)OC(C)(C)C)CN(C(=O)C2CCC(=O)N2Cc2ccc(Cl)cc2)C1. The maximum absolute atomic E-state index is 13.5. The standard InChI is InChI=1S/C25H36ClN3O4/c1-17-12-19(14-27(5)24(32)33-25(2,3)4)15-28(13-17)23(31)21-10-11-22(30)29(21)16-18-6-8-20(26)9-7-18/h6-9,17,19,21H,10-16H2,1-5H3. The Morgan fingerprint density at radius 1 is 1.18 bits per heavy atom. The summed E-state index contributed by atoms with van der Waals surface area (Å²) in [6.45, 7) is 9.86. The fourth-order valence-electron chi connectivity index (χ4n) is 4.78. The Hall–Kier alpha value is -2.28. The van der Waals surface area contributed by atoms with E-state index in [4.69, 9.17) is 16.3 Å². The van der Waals surface area contributed by atoms with E-state index in [1.165, 1.54) is 0 Å². The van der Waals surface area contributed by atoms with Gasteiger partial charge >= 0.3 is 6.09 Å². The first kappa shape index (κ1) is 25.3. The van der Waals surface area contributed by atoms with Crippen molar-refractivity contribution in [2.24, 2.45) is 11.8 Å². The minimum absolute atomic E-state index is 0.00582. The van der Waals surface area contributed by atoms with Gasteiger partial charge in [-0.3, -0.25) is 9.59 Å². The van der Waals surface area contributed by atoms with Crippen LogP contribution in [0.2, 0.25) is 5.02 Å². The van der Waals surface area contributed by atoms with Crippen LogP contribution in [0.15, 0.2) is 24.3 Å². The van der Waals surface area contributed by atoms with E-state index in [0.29, 0.717) is 50.0 Å². The van der Waals surface area contributed by atoms with Crippen LogP contribution >= 0.6 is 11.6 Å². The topological polar surface area (TPSA) is 70.2 Å². The molecule has 0 N–H and O–H groups in total. The molecule has 33 heavy (non-hydrogen) atoms. The van der Waals surface area contributed by atoms with Crippen LogP contribution in [0.25, 0.3) is 0 Å². The number of hydrogen-bond acceptors (Lipinski definition) is 4. The second kappa shape index (κ2) is 10.3. The van der Waals surface area contributed by atoms with Gasteiger partial charge in [0.25, 0.3) is 0 Å². The zero-order chi connectivity index (χ0) is 24.3. The van der Waals surface area contributed by atoms with Gasteiger partial charge in [-0.25, -0.2) is 4.79 Å². The van der Waals surface area contributed by atoms with Crippen molar-refractivity contribution in [1.29, 1.82) is 0 Å². The largest absolute Gasteiger partial charge is 0.444 e. The number of ether oxygens (including phenoxy) is 1. The van der Waals surface area contributed by atoms with Crippen LogP contribution in [0.4, 0.5) is 4.79 Å². The average molecular weight is 478 g/mol. The number of halogens is 1. The summed E-state index contributed by atoms with van der Waals surface area (Å²) < 4.78 is 5.47. The van der Waals surface area contributed by atoms with E-state index in [1.54, 1.807) is 29.0 Å². The zero-order valence-electron chi connectivity index (χ0n) is 20.3. The summed E-state index contributed by atoms with van der Waals surface area (Å²) in [5, 5.41) is 0.642. The normalized spacial score (nSPS) is 23.6. The lowest BCUT2D eigenvalue weighted by Gasteiger charge is -2.40. The average Bonchev–Trinajstić information content (AvgIpc) is 3.07. The molecule has 0 spiro atoms. The van der Waals surface area contributed by atoms with Crippen LogP contribution in [0.3, 0.4) is 0 Å². The lowest BCUT2D eigenvalue weighted by atomic mass is 9.89. The highest BCUT2D eigenvalue weighted by Crippen LogP contribution is 2.28. The summed E-state index contributed by atoms with van der Waals surface area (Å²) in [4.78, 5) is 43.7. The molecule has 0 bridgehead atoms. The molecule has 0 aromatic heterocycles. The summed E-state index contributed by atoms with van der Waals surface area (Å²) in [6.07, 6.45) is 1.51. The van der Waals surface area contributed by atoms with Gasteiger partial charge in [0.15, 0.2) is 0 Å². The Bertz CT molecular complexity index is 867. The number of benzene rings is 1. The van der Waals surface area contributed by atoms with Gasteiger partial charge in [-0.2, -0.15) is 0 Å². The van der Waals surface area contributed by atoms with E-state index in [2.05, 4.69) is 6.92 Å². The second-order valence-electron chi connectivity index (χ2n) is 10.5. The zero-order valence-corrected chi connectivity index (χ0v) is 21.1. The van der Waals surface area contributed by atoms with Gasteiger partial charge in [-0.1, -0.05) is 30.7 Å². The minimum Gasteiger partial charge on any atom is -0.444 e.